The zero-order valence-electron chi connectivity index (χ0n) is 9.75. The highest BCUT2D eigenvalue weighted by Gasteiger charge is 2.36. The van der Waals surface area contributed by atoms with Gasteiger partial charge in [0.2, 0.25) is 0 Å². The van der Waals surface area contributed by atoms with E-state index in [4.69, 9.17) is 0 Å². The molecule has 0 unspecified atom stereocenters. The molecule has 88 valence electrons. The summed E-state index contributed by atoms with van der Waals surface area (Å²) in [6.07, 6.45) is 3.95. The fourth-order valence-corrected chi connectivity index (χ4v) is 2.72. The molecule has 0 heterocycles. The largest absolute Gasteiger partial charge is 0.395 e. The van der Waals surface area contributed by atoms with E-state index in [-0.39, 0.29) is 17.8 Å². The van der Waals surface area contributed by atoms with Gasteiger partial charge in [0.25, 0.3) is 0 Å². The molecule has 16 heavy (non-hydrogen) atoms. The Bertz CT molecular complexity index is 354. The van der Waals surface area contributed by atoms with Gasteiger partial charge in [-0.15, -0.1) is 0 Å². The number of aliphatic hydroxyl groups is 1. The van der Waals surface area contributed by atoms with Crippen LogP contribution in [0.5, 0.6) is 0 Å². The molecule has 0 radical (unpaired) electrons. The van der Waals surface area contributed by atoms with Crippen molar-refractivity contribution in [3.8, 4) is 0 Å². The number of aliphatic hydroxyl groups excluding tert-OH is 1. The molecule has 0 saturated heterocycles. The highest BCUT2D eigenvalue weighted by molar-refractivity contribution is 5.28. The lowest BCUT2D eigenvalue weighted by Crippen LogP contribution is -2.35. The van der Waals surface area contributed by atoms with Crippen molar-refractivity contribution >= 4 is 0 Å². The summed E-state index contributed by atoms with van der Waals surface area (Å²) in [5.74, 6) is 0.526. The van der Waals surface area contributed by atoms with Crippen molar-refractivity contribution in [2.24, 2.45) is 5.92 Å². The summed E-state index contributed by atoms with van der Waals surface area (Å²) in [4.78, 5) is 0. The number of benzene rings is 1. The molecule has 1 aliphatic carbocycles. The summed E-state index contributed by atoms with van der Waals surface area (Å²) < 4.78 is 13.8. The molecule has 2 rings (SSSR count). The Labute approximate surface area is 96.3 Å². The second kappa shape index (κ2) is 4.54. The Morgan fingerprint density at radius 3 is 2.50 bits per heavy atom. The van der Waals surface area contributed by atoms with E-state index < -0.39 is 0 Å². The van der Waals surface area contributed by atoms with E-state index in [1.54, 1.807) is 6.07 Å². The van der Waals surface area contributed by atoms with Gasteiger partial charge in [0.15, 0.2) is 0 Å². The van der Waals surface area contributed by atoms with Crippen molar-refractivity contribution in [1.29, 1.82) is 0 Å². The van der Waals surface area contributed by atoms with Crippen LogP contribution in [0.25, 0.3) is 0 Å². The zero-order chi connectivity index (χ0) is 11.6. The van der Waals surface area contributed by atoms with Crippen LogP contribution in [0.2, 0.25) is 0 Å². The van der Waals surface area contributed by atoms with Crippen LogP contribution in [0, 0.1) is 11.7 Å². The molecule has 1 fully saturated rings. The Hall–Kier alpha value is -0.890. The number of halogens is 1. The monoisotopic (exact) mass is 222 g/mol. The van der Waals surface area contributed by atoms with Gasteiger partial charge in [-0.1, -0.05) is 25.1 Å². The molecule has 1 nitrogen and oxygen atoms in total. The van der Waals surface area contributed by atoms with Crippen LogP contribution >= 0.6 is 0 Å². The van der Waals surface area contributed by atoms with E-state index in [9.17, 15) is 9.50 Å². The van der Waals surface area contributed by atoms with Crippen molar-refractivity contribution in [3.63, 3.8) is 0 Å². The van der Waals surface area contributed by atoms with Crippen LogP contribution in [-0.4, -0.2) is 11.7 Å². The molecule has 0 atom stereocenters. The third kappa shape index (κ3) is 1.99. The minimum atomic E-state index is -0.335. The highest BCUT2D eigenvalue weighted by Crippen LogP contribution is 2.41. The average Bonchev–Trinajstić information content (AvgIpc) is 2.32. The van der Waals surface area contributed by atoms with E-state index in [2.05, 4.69) is 6.92 Å². The third-order valence-electron chi connectivity index (χ3n) is 3.98. The molecule has 1 N–H and O–H groups in total. The predicted octanol–water partition coefficient (Wildman–Crippen LogP) is 3.27. The van der Waals surface area contributed by atoms with Crippen LogP contribution in [-0.2, 0) is 5.41 Å². The van der Waals surface area contributed by atoms with Crippen LogP contribution in [0.1, 0.15) is 38.2 Å². The van der Waals surface area contributed by atoms with Crippen molar-refractivity contribution in [2.45, 2.75) is 38.0 Å². The first-order valence-corrected chi connectivity index (χ1v) is 6.04. The average molecular weight is 222 g/mol. The maximum absolute atomic E-state index is 13.8. The highest BCUT2D eigenvalue weighted by atomic mass is 19.1. The smallest absolute Gasteiger partial charge is 0.127 e. The van der Waals surface area contributed by atoms with Crippen LogP contribution in [0.15, 0.2) is 24.3 Å². The van der Waals surface area contributed by atoms with E-state index >= 15 is 0 Å². The number of hydrogen-bond acceptors (Lipinski definition) is 1. The van der Waals surface area contributed by atoms with Crippen LogP contribution < -0.4 is 0 Å². The molecule has 0 aliphatic heterocycles. The van der Waals surface area contributed by atoms with E-state index in [0.717, 1.165) is 25.7 Å². The number of hydrogen-bond donors (Lipinski definition) is 1. The van der Waals surface area contributed by atoms with Gasteiger partial charge in [-0.3, -0.25) is 0 Å². The molecular formula is C14H19FO. The van der Waals surface area contributed by atoms with Gasteiger partial charge in [-0.25, -0.2) is 4.39 Å². The minimum absolute atomic E-state index is 0.0562. The Morgan fingerprint density at radius 2 is 1.94 bits per heavy atom. The van der Waals surface area contributed by atoms with E-state index in [1.165, 1.54) is 6.07 Å². The first-order valence-electron chi connectivity index (χ1n) is 6.04. The van der Waals surface area contributed by atoms with Crippen LogP contribution in [0.3, 0.4) is 0 Å². The fraction of sp³-hybridized carbons (Fsp3) is 0.571. The second-order valence-electron chi connectivity index (χ2n) is 5.10. The summed E-state index contributed by atoms with van der Waals surface area (Å²) in [7, 11) is 0. The Balaban J connectivity index is 2.32. The Kier molecular flexibility index (Phi) is 3.29. The molecule has 1 aromatic carbocycles. The van der Waals surface area contributed by atoms with Gasteiger partial charge in [0.05, 0.1) is 6.61 Å². The van der Waals surface area contributed by atoms with Gasteiger partial charge in [0, 0.05) is 5.41 Å². The normalized spacial score (nSPS) is 30.3. The van der Waals surface area contributed by atoms with Gasteiger partial charge < -0.3 is 5.11 Å². The SMILES string of the molecule is CC1CCC(CO)(c2ccccc2F)CC1. The lowest BCUT2D eigenvalue weighted by Gasteiger charge is -2.38. The van der Waals surface area contributed by atoms with Crippen molar-refractivity contribution in [1.82, 2.24) is 0 Å². The molecule has 1 aromatic rings. The van der Waals surface area contributed by atoms with Gasteiger partial charge in [0.1, 0.15) is 5.82 Å². The van der Waals surface area contributed by atoms with Crippen molar-refractivity contribution in [3.05, 3.63) is 35.6 Å². The summed E-state index contributed by atoms with van der Waals surface area (Å²) in [5, 5.41) is 9.64. The molecular weight excluding hydrogens is 203 g/mol. The van der Waals surface area contributed by atoms with Crippen molar-refractivity contribution in [2.75, 3.05) is 6.61 Å². The zero-order valence-corrected chi connectivity index (χ0v) is 9.75. The molecule has 0 bridgehead atoms. The first kappa shape index (κ1) is 11.6. The number of rotatable bonds is 2. The first-order chi connectivity index (χ1) is 7.68. The lowest BCUT2D eigenvalue weighted by molar-refractivity contribution is 0.131. The maximum atomic E-state index is 13.8. The van der Waals surface area contributed by atoms with Gasteiger partial charge in [-0.2, -0.15) is 0 Å². The molecule has 2 heteroatoms. The van der Waals surface area contributed by atoms with Gasteiger partial charge in [-0.05, 0) is 43.2 Å². The predicted molar refractivity (Wildman–Crippen MR) is 62.8 cm³/mol. The van der Waals surface area contributed by atoms with Gasteiger partial charge >= 0.3 is 0 Å². The summed E-state index contributed by atoms with van der Waals surface area (Å²) in [6.45, 7) is 2.28. The van der Waals surface area contributed by atoms with E-state index in [0.29, 0.717) is 11.5 Å². The molecule has 0 aromatic heterocycles. The Morgan fingerprint density at radius 1 is 1.31 bits per heavy atom. The molecule has 0 amide bonds. The van der Waals surface area contributed by atoms with E-state index in [1.807, 2.05) is 12.1 Å². The third-order valence-corrected chi connectivity index (χ3v) is 3.98. The topological polar surface area (TPSA) is 20.2 Å². The summed E-state index contributed by atoms with van der Waals surface area (Å²) in [5.41, 5.74) is 0.363. The summed E-state index contributed by atoms with van der Waals surface area (Å²) >= 11 is 0. The molecule has 1 aliphatic rings. The van der Waals surface area contributed by atoms with Crippen molar-refractivity contribution < 1.29 is 9.50 Å². The molecule has 0 spiro atoms. The standard InChI is InChI=1S/C14H19FO/c1-11-6-8-14(10-16,9-7-11)12-4-2-3-5-13(12)15/h2-5,11,16H,6-10H2,1H3. The fourth-order valence-electron chi connectivity index (χ4n) is 2.72. The lowest BCUT2D eigenvalue weighted by atomic mass is 9.67. The maximum Gasteiger partial charge on any atom is 0.127 e. The van der Waals surface area contributed by atoms with Crippen LogP contribution in [0.4, 0.5) is 4.39 Å². The second-order valence-corrected chi connectivity index (χ2v) is 5.10. The summed E-state index contributed by atoms with van der Waals surface area (Å²) in [6, 6.07) is 6.87. The minimum Gasteiger partial charge on any atom is -0.395 e. The quantitative estimate of drug-likeness (QED) is 0.814. The molecule has 1 saturated carbocycles.